The summed E-state index contributed by atoms with van der Waals surface area (Å²) in [4.78, 5) is 19.0. The Morgan fingerprint density at radius 2 is 1.90 bits per heavy atom. The van der Waals surface area contributed by atoms with E-state index in [1.165, 1.54) is 5.56 Å². The van der Waals surface area contributed by atoms with Crippen molar-refractivity contribution in [2.24, 2.45) is 0 Å². The minimum absolute atomic E-state index is 0.0946. The molecule has 0 aliphatic heterocycles. The molecule has 1 aromatic heterocycles. The van der Waals surface area contributed by atoms with E-state index >= 15 is 0 Å². The number of methoxy groups -OCH3 is 1. The molecular weight excluding hydrogens is 362 g/mol. The minimum atomic E-state index is -0.0946. The Balaban J connectivity index is 1.59. The topological polar surface area (TPSA) is 54.5 Å². The summed E-state index contributed by atoms with van der Waals surface area (Å²) in [5.41, 5.74) is 4.58. The molecule has 5 heteroatoms. The lowest BCUT2D eigenvalue weighted by Crippen LogP contribution is -2.31. The average molecular weight is 389 g/mol. The number of carbonyl (C=O) groups is 1. The van der Waals surface area contributed by atoms with Crippen LogP contribution >= 0.6 is 0 Å². The van der Waals surface area contributed by atoms with Crippen molar-refractivity contribution in [2.75, 3.05) is 30.4 Å². The van der Waals surface area contributed by atoms with E-state index in [1.807, 2.05) is 56.3 Å². The second-order valence-electron chi connectivity index (χ2n) is 6.85. The maximum absolute atomic E-state index is 12.9. The van der Waals surface area contributed by atoms with Gasteiger partial charge in [-0.05, 0) is 67.8 Å². The van der Waals surface area contributed by atoms with Crippen LogP contribution in [0.1, 0.15) is 28.5 Å². The number of hydrogen-bond acceptors (Lipinski definition) is 4. The highest BCUT2D eigenvalue weighted by Gasteiger charge is 2.17. The summed E-state index contributed by atoms with van der Waals surface area (Å²) in [5.74, 6) is 0.765. The van der Waals surface area contributed by atoms with Crippen LogP contribution in [-0.2, 0) is 6.42 Å². The molecule has 2 aromatic carbocycles. The Morgan fingerprint density at radius 1 is 1.10 bits per heavy atom. The Morgan fingerprint density at radius 3 is 2.52 bits per heavy atom. The fourth-order valence-electron chi connectivity index (χ4n) is 3.15. The molecule has 3 rings (SSSR count). The standard InChI is InChI=1S/C24H27N3O2/c1-4-27(21-7-5-6-18(2)16-21)24(28)23-13-10-20(17-26-23)25-15-14-19-8-11-22(29-3)12-9-19/h5-13,16-17,25H,4,14-15H2,1-3H3. The van der Waals surface area contributed by atoms with Crippen molar-refractivity contribution in [2.45, 2.75) is 20.3 Å². The van der Waals surface area contributed by atoms with Gasteiger partial charge in [-0.3, -0.25) is 4.79 Å². The lowest BCUT2D eigenvalue weighted by Gasteiger charge is -2.21. The molecule has 0 aliphatic rings. The zero-order valence-electron chi connectivity index (χ0n) is 17.2. The van der Waals surface area contributed by atoms with Crippen LogP contribution in [0.3, 0.4) is 0 Å². The van der Waals surface area contributed by atoms with Crippen LogP contribution in [0.25, 0.3) is 0 Å². The molecule has 0 aliphatic carbocycles. The van der Waals surface area contributed by atoms with Gasteiger partial charge in [-0.15, -0.1) is 0 Å². The molecule has 0 atom stereocenters. The Kier molecular flexibility index (Phi) is 6.85. The van der Waals surface area contributed by atoms with Crippen LogP contribution in [0.15, 0.2) is 66.9 Å². The number of amides is 1. The van der Waals surface area contributed by atoms with Crippen molar-refractivity contribution < 1.29 is 9.53 Å². The van der Waals surface area contributed by atoms with Crippen LogP contribution in [-0.4, -0.2) is 31.1 Å². The molecule has 0 radical (unpaired) electrons. The fourth-order valence-corrected chi connectivity index (χ4v) is 3.15. The highest BCUT2D eigenvalue weighted by Crippen LogP contribution is 2.19. The van der Waals surface area contributed by atoms with Crippen LogP contribution in [0.2, 0.25) is 0 Å². The van der Waals surface area contributed by atoms with Crippen molar-refractivity contribution in [3.63, 3.8) is 0 Å². The SMILES string of the molecule is CCN(C(=O)c1ccc(NCCc2ccc(OC)cc2)cn1)c1cccc(C)c1. The van der Waals surface area contributed by atoms with Gasteiger partial charge in [0.15, 0.2) is 0 Å². The number of carbonyl (C=O) groups excluding carboxylic acids is 1. The Bertz CT molecular complexity index is 937. The summed E-state index contributed by atoms with van der Waals surface area (Å²) in [7, 11) is 1.67. The summed E-state index contributed by atoms with van der Waals surface area (Å²) < 4.78 is 5.18. The van der Waals surface area contributed by atoms with Gasteiger partial charge in [0.05, 0.1) is 19.0 Å². The highest BCUT2D eigenvalue weighted by atomic mass is 16.5. The zero-order chi connectivity index (χ0) is 20.6. The molecule has 0 spiro atoms. The van der Waals surface area contributed by atoms with E-state index in [-0.39, 0.29) is 5.91 Å². The third-order valence-corrected chi connectivity index (χ3v) is 4.76. The first-order valence-electron chi connectivity index (χ1n) is 9.82. The quantitative estimate of drug-likeness (QED) is 0.606. The monoisotopic (exact) mass is 389 g/mol. The van der Waals surface area contributed by atoms with Crippen molar-refractivity contribution in [3.8, 4) is 5.75 Å². The number of anilines is 2. The molecular formula is C24H27N3O2. The van der Waals surface area contributed by atoms with Gasteiger partial charge in [-0.1, -0.05) is 24.3 Å². The lowest BCUT2D eigenvalue weighted by molar-refractivity contribution is 0.0983. The number of nitrogens with zero attached hydrogens (tertiary/aromatic N) is 2. The first kappa shape index (κ1) is 20.4. The predicted molar refractivity (Wildman–Crippen MR) is 118 cm³/mol. The second kappa shape index (κ2) is 9.73. The van der Waals surface area contributed by atoms with Gasteiger partial charge in [-0.2, -0.15) is 0 Å². The van der Waals surface area contributed by atoms with Gasteiger partial charge in [0, 0.05) is 18.8 Å². The van der Waals surface area contributed by atoms with Gasteiger partial charge >= 0.3 is 0 Å². The molecule has 0 saturated heterocycles. The molecule has 0 fully saturated rings. The maximum atomic E-state index is 12.9. The fraction of sp³-hybridized carbons (Fsp3) is 0.250. The Labute approximate surface area is 172 Å². The number of rotatable bonds is 8. The van der Waals surface area contributed by atoms with Crippen molar-refractivity contribution in [3.05, 3.63) is 83.7 Å². The number of nitrogens with one attached hydrogen (secondary N) is 1. The van der Waals surface area contributed by atoms with Gasteiger partial charge < -0.3 is 15.0 Å². The molecule has 150 valence electrons. The predicted octanol–water partition coefficient (Wildman–Crippen LogP) is 4.72. The smallest absolute Gasteiger partial charge is 0.276 e. The number of aryl methyl sites for hydroxylation is 1. The first-order chi connectivity index (χ1) is 14.1. The molecule has 3 aromatic rings. The molecule has 0 bridgehead atoms. The molecule has 5 nitrogen and oxygen atoms in total. The van der Waals surface area contributed by atoms with E-state index in [4.69, 9.17) is 4.74 Å². The minimum Gasteiger partial charge on any atom is -0.497 e. The van der Waals surface area contributed by atoms with Gasteiger partial charge in [0.2, 0.25) is 0 Å². The molecule has 1 amide bonds. The number of pyridine rings is 1. The molecule has 29 heavy (non-hydrogen) atoms. The number of benzene rings is 2. The van der Waals surface area contributed by atoms with E-state index in [0.717, 1.165) is 35.7 Å². The van der Waals surface area contributed by atoms with Crippen LogP contribution in [0, 0.1) is 6.92 Å². The second-order valence-corrected chi connectivity index (χ2v) is 6.85. The van der Waals surface area contributed by atoms with Crippen LogP contribution in [0.5, 0.6) is 5.75 Å². The first-order valence-corrected chi connectivity index (χ1v) is 9.82. The Hall–Kier alpha value is -3.34. The van der Waals surface area contributed by atoms with E-state index in [0.29, 0.717) is 12.2 Å². The molecule has 0 unspecified atom stereocenters. The van der Waals surface area contributed by atoms with Gasteiger partial charge in [0.25, 0.3) is 5.91 Å². The van der Waals surface area contributed by atoms with Gasteiger partial charge in [-0.25, -0.2) is 4.98 Å². The van der Waals surface area contributed by atoms with E-state index in [2.05, 4.69) is 22.4 Å². The lowest BCUT2D eigenvalue weighted by atomic mass is 10.1. The third-order valence-electron chi connectivity index (χ3n) is 4.76. The summed E-state index contributed by atoms with van der Waals surface area (Å²) in [5, 5.41) is 3.35. The molecule has 0 saturated carbocycles. The zero-order valence-corrected chi connectivity index (χ0v) is 17.2. The highest BCUT2D eigenvalue weighted by molar-refractivity contribution is 6.04. The van der Waals surface area contributed by atoms with E-state index < -0.39 is 0 Å². The molecule has 1 N–H and O–H groups in total. The summed E-state index contributed by atoms with van der Waals surface area (Å²) in [6.07, 6.45) is 2.60. The number of hydrogen-bond donors (Lipinski definition) is 1. The third kappa shape index (κ3) is 5.35. The average Bonchev–Trinajstić information content (AvgIpc) is 2.75. The summed E-state index contributed by atoms with van der Waals surface area (Å²) in [6.45, 7) is 5.36. The summed E-state index contributed by atoms with van der Waals surface area (Å²) in [6, 6.07) is 19.7. The van der Waals surface area contributed by atoms with Crippen molar-refractivity contribution in [1.82, 2.24) is 4.98 Å². The van der Waals surface area contributed by atoms with E-state index in [1.54, 1.807) is 24.3 Å². The van der Waals surface area contributed by atoms with Gasteiger partial charge in [0.1, 0.15) is 11.4 Å². The molecule has 1 heterocycles. The van der Waals surface area contributed by atoms with Crippen LogP contribution in [0.4, 0.5) is 11.4 Å². The van der Waals surface area contributed by atoms with Crippen LogP contribution < -0.4 is 15.0 Å². The van der Waals surface area contributed by atoms with Crippen molar-refractivity contribution in [1.29, 1.82) is 0 Å². The number of ether oxygens (including phenoxy) is 1. The number of aromatic nitrogens is 1. The largest absolute Gasteiger partial charge is 0.497 e. The van der Waals surface area contributed by atoms with Crippen molar-refractivity contribution >= 4 is 17.3 Å². The maximum Gasteiger partial charge on any atom is 0.276 e. The van der Waals surface area contributed by atoms with E-state index in [9.17, 15) is 4.79 Å². The summed E-state index contributed by atoms with van der Waals surface area (Å²) >= 11 is 0. The normalized spacial score (nSPS) is 10.4.